The predicted octanol–water partition coefficient (Wildman–Crippen LogP) is 2.49. The normalized spacial score (nSPS) is 15.1. The maximum atomic E-state index is 13.0. The summed E-state index contributed by atoms with van der Waals surface area (Å²) in [6.07, 6.45) is 0. The molecule has 2 nitrogen and oxygen atoms in total. The van der Waals surface area contributed by atoms with E-state index in [4.69, 9.17) is 0 Å². The topological polar surface area (TPSA) is 32.3 Å². The second-order valence-electron chi connectivity index (χ2n) is 4.48. The molecule has 0 fully saturated rings. The SMILES string of the molecule is CC(NC(CO)C(C)C)c1cccc(F)c1. The Morgan fingerprint density at radius 3 is 2.50 bits per heavy atom. The van der Waals surface area contributed by atoms with Crippen LogP contribution in [0.2, 0.25) is 0 Å². The van der Waals surface area contributed by atoms with E-state index in [0.717, 1.165) is 5.56 Å². The van der Waals surface area contributed by atoms with Gasteiger partial charge in [0, 0.05) is 12.1 Å². The van der Waals surface area contributed by atoms with Gasteiger partial charge in [0.2, 0.25) is 0 Å². The van der Waals surface area contributed by atoms with E-state index in [1.807, 2.05) is 26.8 Å². The predicted molar refractivity (Wildman–Crippen MR) is 63.7 cm³/mol. The molecule has 0 aliphatic heterocycles. The Bertz CT molecular complexity index is 327. The highest BCUT2D eigenvalue weighted by molar-refractivity contribution is 5.19. The summed E-state index contributed by atoms with van der Waals surface area (Å²) >= 11 is 0. The molecule has 1 aromatic carbocycles. The molecule has 0 radical (unpaired) electrons. The summed E-state index contributed by atoms with van der Waals surface area (Å²) in [5, 5.41) is 12.5. The first-order valence-electron chi connectivity index (χ1n) is 5.67. The van der Waals surface area contributed by atoms with Crippen molar-refractivity contribution in [2.24, 2.45) is 5.92 Å². The van der Waals surface area contributed by atoms with Crippen LogP contribution in [0, 0.1) is 11.7 Å². The third-order valence-corrected chi connectivity index (χ3v) is 2.81. The number of benzene rings is 1. The first-order valence-corrected chi connectivity index (χ1v) is 5.67. The van der Waals surface area contributed by atoms with Gasteiger partial charge in [-0.25, -0.2) is 4.39 Å². The van der Waals surface area contributed by atoms with Crippen LogP contribution in [-0.4, -0.2) is 17.8 Å². The molecular formula is C13H20FNO. The Balaban J connectivity index is 2.67. The fraction of sp³-hybridized carbons (Fsp3) is 0.538. The quantitative estimate of drug-likeness (QED) is 0.807. The van der Waals surface area contributed by atoms with Gasteiger partial charge in [0.15, 0.2) is 0 Å². The molecule has 0 heterocycles. The van der Waals surface area contributed by atoms with Gasteiger partial charge in [0.25, 0.3) is 0 Å². The van der Waals surface area contributed by atoms with Crippen molar-refractivity contribution in [1.82, 2.24) is 5.32 Å². The summed E-state index contributed by atoms with van der Waals surface area (Å²) in [6, 6.07) is 6.62. The van der Waals surface area contributed by atoms with Gasteiger partial charge in [-0.3, -0.25) is 0 Å². The molecule has 0 amide bonds. The number of halogens is 1. The molecule has 0 aromatic heterocycles. The van der Waals surface area contributed by atoms with Crippen molar-refractivity contribution in [3.63, 3.8) is 0 Å². The fourth-order valence-electron chi connectivity index (χ4n) is 1.65. The summed E-state index contributed by atoms with van der Waals surface area (Å²) in [5.74, 6) is 0.122. The van der Waals surface area contributed by atoms with Crippen molar-refractivity contribution < 1.29 is 9.50 Å². The average Bonchev–Trinajstić information content (AvgIpc) is 2.25. The standard InChI is InChI=1S/C13H20FNO/c1-9(2)13(8-16)15-10(3)11-5-4-6-12(14)7-11/h4-7,9-10,13,15-16H,8H2,1-3H3. The van der Waals surface area contributed by atoms with Crippen LogP contribution in [-0.2, 0) is 0 Å². The molecule has 90 valence electrons. The Labute approximate surface area is 96.5 Å². The minimum absolute atomic E-state index is 0.0373. The van der Waals surface area contributed by atoms with Crippen molar-refractivity contribution in [3.8, 4) is 0 Å². The van der Waals surface area contributed by atoms with E-state index in [1.54, 1.807) is 6.07 Å². The van der Waals surface area contributed by atoms with Crippen molar-refractivity contribution >= 4 is 0 Å². The lowest BCUT2D eigenvalue weighted by atomic mass is 10.0. The van der Waals surface area contributed by atoms with Gasteiger partial charge in [-0.1, -0.05) is 26.0 Å². The lowest BCUT2D eigenvalue weighted by Crippen LogP contribution is -2.38. The van der Waals surface area contributed by atoms with E-state index in [2.05, 4.69) is 5.32 Å². The Kier molecular flexibility index (Phi) is 4.90. The van der Waals surface area contributed by atoms with E-state index in [9.17, 15) is 9.50 Å². The fourth-order valence-corrected chi connectivity index (χ4v) is 1.65. The van der Waals surface area contributed by atoms with Gasteiger partial charge in [-0.05, 0) is 30.5 Å². The largest absolute Gasteiger partial charge is 0.395 e. The average molecular weight is 225 g/mol. The third kappa shape index (κ3) is 3.58. The molecule has 0 aliphatic carbocycles. The molecule has 2 atom stereocenters. The molecule has 16 heavy (non-hydrogen) atoms. The molecule has 1 aromatic rings. The van der Waals surface area contributed by atoms with Gasteiger partial charge >= 0.3 is 0 Å². The molecular weight excluding hydrogens is 205 g/mol. The number of aliphatic hydroxyl groups excluding tert-OH is 1. The number of hydrogen-bond donors (Lipinski definition) is 2. The maximum absolute atomic E-state index is 13.0. The Morgan fingerprint density at radius 1 is 1.31 bits per heavy atom. The van der Waals surface area contributed by atoms with Gasteiger partial charge in [0.05, 0.1) is 6.61 Å². The minimum atomic E-state index is -0.226. The number of nitrogens with one attached hydrogen (secondary N) is 1. The van der Waals surface area contributed by atoms with Crippen molar-refractivity contribution in [1.29, 1.82) is 0 Å². The van der Waals surface area contributed by atoms with E-state index in [-0.39, 0.29) is 24.5 Å². The molecule has 0 aliphatic rings. The molecule has 0 saturated carbocycles. The van der Waals surface area contributed by atoms with E-state index in [0.29, 0.717) is 5.92 Å². The molecule has 3 heteroatoms. The zero-order valence-corrected chi connectivity index (χ0v) is 10.1. The van der Waals surface area contributed by atoms with E-state index >= 15 is 0 Å². The first-order chi connectivity index (χ1) is 7.54. The lowest BCUT2D eigenvalue weighted by molar-refractivity contribution is 0.201. The highest BCUT2D eigenvalue weighted by atomic mass is 19.1. The minimum Gasteiger partial charge on any atom is -0.395 e. The van der Waals surface area contributed by atoms with Crippen LogP contribution in [0.4, 0.5) is 4.39 Å². The van der Waals surface area contributed by atoms with Gasteiger partial charge < -0.3 is 10.4 Å². The zero-order valence-electron chi connectivity index (χ0n) is 10.1. The lowest BCUT2D eigenvalue weighted by Gasteiger charge is -2.25. The highest BCUT2D eigenvalue weighted by Gasteiger charge is 2.15. The summed E-state index contributed by atoms with van der Waals surface area (Å²) in [6.45, 7) is 6.16. The highest BCUT2D eigenvalue weighted by Crippen LogP contribution is 2.15. The number of hydrogen-bond acceptors (Lipinski definition) is 2. The monoisotopic (exact) mass is 225 g/mol. The molecule has 0 spiro atoms. The van der Waals surface area contributed by atoms with Crippen molar-refractivity contribution in [2.75, 3.05) is 6.61 Å². The zero-order chi connectivity index (χ0) is 12.1. The van der Waals surface area contributed by atoms with Crippen LogP contribution >= 0.6 is 0 Å². The Hall–Kier alpha value is -0.930. The molecule has 0 bridgehead atoms. The Morgan fingerprint density at radius 2 is 2.00 bits per heavy atom. The summed E-state index contributed by atoms with van der Waals surface area (Å²) in [4.78, 5) is 0. The molecule has 2 N–H and O–H groups in total. The summed E-state index contributed by atoms with van der Waals surface area (Å²) in [5.41, 5.74) is 0.902. The van der Waals surface area contributed by atoms with Crippen LogP contribution in [0.15, 0.2) is 24.3 Å². The van der Waals surface area contributed by atoms with Gasteiger partial charge in [0.1, 0.15) is 5.82 Å². The molecule has 2 unspecified atom stereocenters. The van der Waals surface area contributed by atoms with Crippen molar-refractivity contribution in [3.05, 3.63) is 35.6 Å². The van der Waals surface area contributed by atoms with Crippen LogP contribution in [0.5, 0.6) is 0 Å². The van der Waals surface area contributed by atoms with Gasteiger partial charge in [-0.15, -0.1) is 0 Å². The second-order valence-corrected chi connectivity index (χ2v) is 4.48. The van der Waals surface area contributed by atoms with Crippen LogP contribution in [0.1, 0.15) is 32.4 Å². The number of rotatable bonds is 5. The second kappa shape index (κ2) is 5.97. The van der Waals surface area contributed by atoms with E-state index in [1.165, 1.54) is 12.1 Å². The smallest absolute Gasteiger partial charge is 0.123 e. The first kappa shape index (κ1) is 13.1. The van der Waals surface area contributed by atoms with Crippen LogP contribution in [0.25, 0.3) is 0 Å². The van der Waals surface area contributed by atoms with Gasteiger partial charge in [-0.2, -0.15) is 0 Å². The van der Waals surface area contributed by atoms with Crippen LogP contribution in [0.3, 0.4) is 0 Å². The van der Waals surface area contributed by atoms with Crippen LogP contribution < -0.4 is 5.32 Å². The maximum Gasteiger partial charge on any atom is 0.123 e. The molecule has 0 saturated heterocycles. The summed E-state index contributed by atoms with van der Waals surface area (Å²) in [7, 11) is 0. The number of aliphatic hydroxyl groups is 1. The van der Waals surface area contributed by atoms with E-state index < -0.39 is 0 Å². The third-order valence-electron chi connectivity index (χ3n) is 2.81. The molecule has 1 rings (SSSR count). The van der Waals surface area contributed by atoms with Crippen molar-refractivity contribution in [2.45, 2.75) is 32.9 Å². The summed E-state index contributed by atoms with van der Waals surface area (Å²) < 4.78 is 13.0.